The van der Waals surface area contributed by atoms with Crippen molar-refractivity contribution in [1.82, 2.24) is 24.6 Å². The van der Waals surface area contributed by atoms with Crippen molar-refractivity contribution in [2.75, 3.05) is 13.1 Å². The lowest BCUT2D eigenvalue weighted by molar-refractivity contribution is -0.132. The van der Waals surface area contributed by atoms with Crippen molar-refractivity contribution >= 4 is 11.8 Å². The summed E-state index contributed by atoms with van der Waals surface area (Å²) in [6.45, 7) is 1.16. The van der Waals surface area contributed by atoms with E-state index < -0.39 is 5.91 Å². The summed E-state index contributed by atoms with van der Waals surface area (Å²) in [5, 5.41) is 13.5. The molecule has 0 aliphatic carbocycles. The lowest BCUT2D eigenvalue weighted by Gasteiger charge is -2.32. The van der Waals surface area contributed by atoms with E-state index in [1.165, 1.54) is 18.6 Å². The Bertz CT molecular complexity index is 759. The molecule has 3 rings (SSSR count). The zero-order valence-corrected chi connectivity index (χ0v) is 13.0. The van der Waals surface area contributed by atoms with Crippen LogP contribution in [0.25, 0.3) is 0 Å². The molecule has 0 spiro atoms. The fourth-order valence-corrected chi connectivity index (χ4v) is 2.82. The lowest BCUT2D eigenvalue weighted by atomic mass is 10.0. The number of amides is 2. The predicted octanol–water partition coefficient (Wildman–Crippen LogP) is -0.116. The average molecular weight is 330 g/mol. The first-order valence-corrected chi connectivity index (χ1v) is 7.64. The lowest BCUT2D eigenvalue weighted by Crippen LogP contribution is -2.41. The number of nitrogens with two attached hydrogens (primary N) is 1. The van der Waals surface area contributed by atoms with Crippen LogP contribution in [0.2, 0.25) is 0 Å². The third-order valence-electron chi connectivity index (χ3n) is 3.99. The molecule has 2 aromatic heterocycles. The third-order valence-corrected chi connectivity index (χ3v) is 3.99. The Balaban J connectivity index is 1.66. The van der Waals surface area contributed by atoms with Gasteiger partial charge in [0.25, 0.3) is 5.91 Å². The molecule has 2 amide bonds. The second kappa shape index (κ2) is 6.65. The maximum Gasteiger partial charge on any atom is 0.288 e. The largest absolute Gasteiger partial charge is 0.506 e. The van der Waals surface area contributed by atoms with Crippen LogP contribution in [0.4, 0.5) is 0 Å². The van der Waals surface area contributed by atoms with Crippen LogP contribution in [0.15, 0.2) is 24.8 Å². The van der Waals surface area contributed by atoms with Gasteiger partial charge in [-0.15, -0.1) is 5.10 Å². The van der Waals surface area contributed by atoms with E-state index in [1.54, 1.807) is 15.8 Å². The van der Waals surface area contributed by atoms with Crippen molar-refractivity contribution in [3.63, 3.8) is 0 Å². The topological polar surface area (TPSA) is 127 Å². The van der Waals surface area contributed by atoms with Gasteiger partial charge in [0, 0.05) is 19.3 Å². The molecular formula is C15H18N6O3. The van der Waals surface area contributed by atoms with E-state index in [0.717, 1.165) is 12.8 Å². The van der Waals surface area contributed by atoms with Gasteiger partial charge in [-0.05, 0) is 24.5 Å². The van der Waals surface area contributed by atoms with Gasteiger partial charge in [0.1, 0.15) is 12.1 Å². The fourth-order valence-electron chi connectivity index (χ4n) is 2.82. The van der Waals surface area contributed by atoms with E-state index in [4.69, 9.17) is 5.73 Å². The normalized spacial score (nSPS) is 17.7. The SMILES string of the molecule is NC(=O)c1ncn(C2CCCN(C(=O)Cc3cncc(O)c3)C2)n1. The number of primary amides is 1. The molecule has 1 aliphatic rings. The number of aromatic hydroxyl groups is 1. The summed E-state index contributed by atoms with van der Waals surface area (Å²) in [7, 11) is 0. The Morgan fingerprint density at radius 1 is 1.38 bits per heavy atom. The van der Waals surface area contributed by atoms with Gasteiger partial charge in [0.2, 0.25) is 11.7 Å². The molecule has 126 valence electrons. The minimum Gasteiger partial charge on any atom is -0.506 e. The molecule has 0 bridgehead atoms. The number of aromatic nitrogens is 4. The van der Waals surface area contributed by atoms with Gasteiger partial charge in [-0.1, -0.05) is 0 Å². The van der Waals surface area contributed by atoms with Crippen LogP contribution in [-0.2, 0) is 11.2 Å². The van der Waals surface area contributed by atoms with Crippen molar-refractivity contribution in [1.29, 1.82) is 0 Å². The molecule has 1 atom stereocenters. The van der Waals surface area contributed by atoms with Crippen LogP contribution in [-0.4, -0.2) is 54.7 Å². The van der Waals surface area contributed by atoms with Crippen LogP contribution in [0.3, 0.4) is 0 Å². The molecule has 1 saturated heterocycles. The van der Waals surface area contributed by atoms with Gasteiger partial charge < -0.3 is 15.7 Å². The molecule has 1 aliphatic heterocycles. The van der Waals surface area contributed by atoms with Crippen LogP contribution in [0, 0.1) is 0 Å². The highest BCUT2D eigenvalue weighted by molar-refractivity contribution is 5.88. The van der Waals surface area contributed by atoms with Crippen LogP contribution < -0.4 is 5.73 Å². The monoisotopic (exact) mass is 330 g/mol. The van der Waals surface area contributed by atoms with Gasteiger partial charge in [-0.2, -0.15) is 0 Å². The molecule has 2 aromatic rings. The minimum atomic E-state index is -0.672. The van der Waals surface area contributed by atoms with Gasteiger partial charge in [0.05, 0.1) is 18.7 Å². The van der Waals surface area contributed by atoms with Crippen LogP contribution in [0.1, 0.15) is 35.1 Å². The molecule has 24 heavy (non-hydrogen) atoms. The van der Waals surface area contributed by atoms with Crippen molar-refractivity contribution in [3.8, 4) is 5.75 Å². The zero-order chi connectivity index (χ0) is 17.1. The highest BCUT2D eigenvalue weighted by Gasteiger charge is 2.26. The molecule has 3 heterocycles. The first-order chi connectivity index (χ1) is 11.5. The fraction of sp³-hybridized carbons (Fsp3) is 0.400. The van der Waals surface area contributed by atoms with Crippen LogP contribution >= 0.6 is 0 Å². The van der Waals surface area contributed by atoms with Crippen molar-refractivity contribution in [2.24, 2.45) is 5.73 Å². The van der Waals surface area contributed by atoms with Gasteiger partial charge >= 0.3 is 0 Å². The quantitative estimate of drug-likeness (QED) is 0.805. The number of nitrogens with zero attached hydrogens (tertiary/aromatic N) is 5. The van der Waals surface area contributed by atoms with Crippen molar-refractivity contribution < 1.29 is 14.7 Å². The second-order valence-corrected chi connectivity index (χ2v) is 5.78. The van der Waals surface area contributed by atoms with E-state index in [-0.39, 0.29) is 29.9 Å². The zero-order valence-electron chi connectivity index (χ0n) is 13.0. The molecular weight excluding hydrogens is 312 g/mol. The summed E-state index contributed by atoms with van der Waals surface area (Å²) >= 11 is 0. The molecule has 9 heteroatoms. The van der Waals surface area contributed by atoms with E-state index in [9.17, 15) is 14.7 Å². The van der Waals surface area contributed by atoms with Crippen molar-refractivity contribution in [2.45, 2.75) is 25.3 Å². The van der Waals surface area contributed by atoms with E-state index >= 15 is 0 Å². The average Bonchev–Trinajstić information content (AvgIpc) is 3.05. The van der Waals surface area contributed by atoms with Gasteiger partial charge in [-0.25, -0.2) is 9.67 Å². The molecule has 0 aromatic carbocycles. The Labute approximate surface area is 138 Å². The highest BCUT2D eigenvalue weighted by Crippen LogP contribution is 2.21. The molecule has 9 nitrogen and oxygen atoms in total. The van der Waals surface area contributed by atoms with E-state index in [0.29, 0.717) is 18.7 Å². The van der Waals surface area contributed by atoms with E-state index in [1.807, 2.05) is 0 Å². The Morgan fingerprint density at radius 3 is 2.92 bits per heavy atom. The Morgan fingerprint density at radius 2 is 2.21 bits per heavy atom. The number of pyridine rings is 1. The second-order valence-electron chi connectivity index (χ2n) is 5.78. The molecule has 1 unspecified atom stereocenters. The summed E-state index contributed by atoms with van der Waals surface area (Å²) in [5.41, 5.74) is 5.83. The molecule has 0 radical (unpaired) electrons. The number of rotatable bonds is 4. The summed E-state index contributed by atoms with van der Waals surface area (Å²) in [4.78, 5) is 33.1. The number of piperidine rings is 1. The summed E-state index contributed by atoms with van der Waals surface area (Å²) < 4.78 is 1.59. The molecule has 1 fully saturated rings. The summed E-state index contributed by atoms with van der Waals surface area (Å²) in [6, 6.07) is 1.49. The molecule has 3 N–H and O–H groups in total. The van der Waals surface area contributed by atoms with Gasteiger partial charge in [-0.3, -0.25) is 14.6 Å². The third kappa shape index (κ3) is 3.50. The van der Waals surface area contributed by atoms with Crippen molar-refractivity contribution in [3.05, 3.63) is 36.2 Å². The molecule has 0 saturated carbocycles. The number of hydrogen-bond acceptors (Lipinski definition) is 6. The number of likely N-dealkylation sites (tertiary alicyclic amines) is 1. The summed E-state index contributed by atoms with van der Waals surface area (Å²) in [6.07, 6.45) is 6.22. The highest BCUT2D eigenvalue weighted by atomic mass is 16.3. The van der Waals surface area contributed by atoms with Gasteiger partial charge in [0.15, 0.2) is 0 Å². The standard InChI is InChI=1S/C15H18N6O3/c16-14(24)15-18-9-21(19-15)11-2-1-3-20(8-11)13(23)5-10-4-12(22)7-17-6-10/h4,6-7,9,11,22H,1-3,5,8H2,(H2,16,24). The smallest absolute Gasteiger partial charge is 0.288 e. The number of hydrogen-bond donors (Lipinski definition) is 2. The number of carbonyl (C=O) groups excluding carboxylic acids is 2. The van der Waals surface area contributed by atoms with E-state index in [2.05, 4.69) is 15.1 Å². The Kier molecular flexibility index (Phi) is 4.41. The minimum absolute atomic E-state index is 0.0238. The maximum absolute atomic E-state index is 12.5. The maximum atomic E-state index is 12.5. The Hall–Kier alpha value is -2.97. The first kappa shape index (κ1) is 15.9. The predicted molar refractivity (Wildman–Crippen MR) is 83.0 cm³/mol. The summed E-state index contributed by atoms with van der Waals surface area (Å²) in [5.74, 6) is -0.695. The first-order valence-electron chi connectivity index (χ1n) is 7.64. The number of carbonyl (C=O) groups is 2. The van der Waals surface area contributed by atoms with Crippen LogP contribution in [0.5, 0.6) is 5.75 Å².